The highest BCUT2D eigenvalue weighted by atomic mass is 31.2. The number of hydrogen-bond donors (Lipinski definition) is 1. The van der Waals surface area contributed by atoms with Gasteiger partial charge in [0, 0.05) is 10.8 Å². The Labute approximate surface area is 158 Å². The molecule has 3 rings (SSSR count). The molecule has 2 heterocycles. The van der Waals surface area contributed by atoms with Crippen molar-refractivity contribution < 1.29 is 9.05 Å². The van der Waals surface area contributed by atoms with E-state index in [0.29, 0.717) is 0 Å². The smallest absolute Gasteiger partial charge is 0.267 e. The fourth-order valence-corrected chi connectivity index (χ4v) is 5.88. The summed E-state index contributed by atoms with van der Waals surface area (Å²) in [7, 11) is -2.51. The van der Waals surface area contributed by atoms with E-state index < -0.39 is 8.02 Å². The van der Waals surface area contributed by atoms with Gasteiger partial charge in [-0.15, -0.1) is 4.67 Å². The van der Waals surface area contributed by atoms with E-state index in [1.807, 2.05) is 0 Å². The number of aryl methyl sites for hydroxylation is 3. The average Bonchev–Trinajstić information content (AvgIpc) is 2.95. The molecule has 0 spiro atoms. The molecule has 0 radical (unpaired) electrons. The van der Waals surface area contributed by atoms with Gasteiger partial charge < -0.3 is 0 Å². The number of fused-ring (bicyclic) bond motifs is 1. The Morgan fingerprint density at radius 3 is 1.62 bits per heavy atom. The normalized spacial score (nSPS) is 18.7. The first-order valence-electron chi connectivity index (χ1n) is 9.20. The molecule has 0 bridgehead atoms. The van der Waals surface area contributed by atoms with Gasteiger partial charge in [-0.2, -0.15) is 5.09 Å². The lowest BCUT2D eigenvalue weighted by Gasteiger charge is -2.25. The minimum atomic E-state index is -2.51. The maximum absolute atomic E-state index is 6.52. The first-order valence-corrected chi connectivity index (χ1v) is 10.8. The van der Waals surface area contributed by atoms with Gasteiger partial charge in [0.25, 0.3) is 0 Å². The first-order chi connectivity index (χ1) is 11.8. The third kappa shape index (κ3) is 3.32. The quantitative estimate of drug-likeness (QED) is 0.574. The highest BCUT2D eigenvalue weighted by Gasteiger charge is 2.64. The molecule has 4 nitrogen and oxygen atoms in total. The van der Waals surface area contributed by atoms with E-state index in [0.717, 1.165) is 17.2 Å². The van der Waals surface area contributed by atoms with Gasteiger partial charge in [-0.3, -0.25) is 9.05 Å². The van der Waals surface area contributed by atoms with Crippen LogP contribution in [0.1, 0.15) is 58.2 Å². The van der Waals surface area contributed by atoms with Crippen molar-refractivity contribution in [3.05, 3.63) is 52.7 Å². The van der Waals surface area contributed by atoms with Gasteiger partial charge in [0.15, 0.2) is 11.5 Å². The second-order valence-corrected chi connectivity index (χ2v) is 11.5. The molecule has 26 heavy (non-hydrogen) atoms. The van der Waals surface area contributed by atoms with Crippen LogP contribution in [0.2, 0.25) is 0 Å². The van der Waals surface area contributed by atoms with E-state index in [4.69, 9.17) is 9.05 Å². The summed E-state index contributed by atoms with van der Waals surface area (Å²) in [6.45, 7) is 19.4. The molecule has 0 unspecified atom stereocenters. The standard InChI is InChI=1S/C21H32N2O2P/c1-14-10-15(2)19(16(3)11-14)22-26-23(12-17(24-26)20(4,5)6)13-18(25-26)21(7,8)9/h10-13,22H,1-9H3/q+1. The second-order valence-electron chi connectivity index (χ2n) is 9.46. The summed E-state index contributed by atoms with van der Waals surface area (Å²) in [6, 6.07) is 4.39. The van der Waals surface area contributed by atoms with Gasteiger partial charge in [0.1, 0.15) is 0 Å². The summed E-state index contributed by atoms with van der Waals surface area (Å²) >= 11 is 0. The van der Waals surface area contributed by atoms with E-state index in [1.54, 1.807) is 0 Å². The van der Waals surface area contributed by atoms with Crippen LogP contribution in [-0.4, -0.2) is 4.67 Å². The van der Waals surface area contributed by atoms with Gasteiger partial charge in [-0.05, 0) is 31.9 Å². The summed E-state index contributed by atoms with van der Waals surface area (Å²) in [6.07, 6.45) is 4.19. The zero-order chi connectivity index (χ0) is 19.5. The zero-order valence-corrected chi connectivity index (χ0v) is 18.4. The van der Waals surface area contributed by atoms with Crippen LogP contribution in [0.5, 0.6) is 0 Å². The second kappa shape index (κ2) is 5.92. The van der Waals surface area contributed by atoms with Crippen LogP contribution >= 0.6 is 8.02 Å². The maximum Gasteiger partial charge on any atom is 0.577 e. The Kier molecular flexibility index (Phi) is 4.35. The maximum atomic E-state index is 6.52. The molecule has 5 heteroatoms. The van der Waals surface area contributed by atoms with Gasteiger partial charge >= 0.3 is 8.02 Å². The third-order valence-electron chi connectivity index (χ3n) is 4.66. The number of nitrogens with one attached hydrogen (secondary N) is 1. The number of anilines is 1. The summed E-state index contributed by atoms with van der Waals surface area (Å²) in [5.74, 6) is 1.90. The molecule has 0 amide bonds. The van der Waals surface area contributed by atoms with Crippen molar-refractivity contribution >= 4 is 13.7 Å². The minimum Gasteiger partial charge on any atom is -0.267 e. The molecule has 0 saturated heterocycles. The fraction of sp³-hybridized carbons (Fsp3) is 0.524. The SMILES string of the molecule is Cc1cc(C)c(N[P+]23OC(C(C)(C)C)=CN2C=C(C(C)(C)C)O3)c(C)c1. The molecule has 0 saturated carbocycles. The third-order valence-corrected chi connectivity index (χ3v) is 6.89. The molecule has 142 valence electrons. The Morgan fingerprint density at radius 1 is 0.808 bits per heavy atom. The molecular formula is C21H32N2O2P+. The molecule has 0 atom stereocenters. The highest BCUT2D eigenvalue weighted by molar-refractivity contribution is 7.66. The Hall–Kier alpha value is -1.67. The van der Waals surface area contributed by atoms with Crippen molar-refractivity contribution in [3.63, 3.8) is 0 Å². The van der Waals surface area contributed by atoms with Crippen LogP contribution in [0, 0.1) is 31.6 Å². The predicted octanol–water partition coefficient (Wildman–Crippen LogP) is 6.84. The van der Waals surface area contributed by atoms with Crippen LogP contribution in [0.25, 0.3) is 0 Å². The Morgan fingerprint density at radius 2 is 1.23 bits per heavy atom. The Balaban J connectivity index is 2.02. The molecule has 0 aliphatic carbocycles. The molecule has 1 aromatic carbocycles. The molecule has 1 aromatic rings. The van der Waals surface area contributed by atoms with Gasteiger partial charge in [0.05, 0.1) is 18.1 Å². The van der Waals surface area contributed by atoms with Crippen molar-refractivity contribution in [2.45, 2.75) is 62.3 Å². The highest BCUT2D eigenvalue weighted by Crippen LogP contribution is 2.75. The zero-order valence-electron chi connectivity index (χ0n) is 17.5. The molecule has 0 fully saturated rings. The van der Waals surface area contributed by atoms with E-state index in [-0.39, 0.29) is 10.8 Å². The minimum absolute atomic E-state index is 0.0739. The number of hydrogen-bond acceptors (Lipinski definition) is 4. The number of nitrogens with zero attached hydrogens (tertiary/aromatic N) is 1. The monoisotopic (exact) mass is 375 g/mol. The summed E-state index contributed by atoms with van der Waals surface area (Å²) < 4.78 is 15.2. The fourth-order valence-electron chi connectivity index (χ4n) is 3.12. The van der Waals surface area contributed by atoms with Crippen molar-refractivity contribution in [3.8, 4) is 0 Å². The van der Waals surface area contributed by atoms with E-state index >= 15 is 0 Å². The van der Waals surface area contributed by atoms with Crippen LogP contribution in [0.15, 0.2) is 36.1 Å². The summed E-state index contributed by atoms with van der Waals surface area (Å²) in [4.78, 5) is 0. The number of allylic oxidation sites excluding steroid dienone is 2. The van der Waals surface area contributed by atoms with Gasteiger partial charge in [-0.1, -0.05) is 59.2 Å². The van der Waals surface area contributed by atoms with Crippen LogP contribution in [0.4, 0.5) is 5.69 Å². The summed E-state index contributed by atoms with van der Waals surface area (Å²) in [5.41, 5.74) is 4.63. The van der Waals surface area contributed by atoms with Crippen molar-refractivity contribution in [2.75, 3.05) is 5.09 Å². The molecular weight excluding hydrogens is 343 g/mol. The van der Waals surface area contributed by atoms with Gasteiger partial charge in [0.2, 0.25) is 0 Å². The lowest BCUT2D eigenvalue weighted by Crippen LogP contribution is -2.18. The van der Waals surface area contributed by atoms with Gasteiger partial charge in [-0.25, -0.2) is 0 Å². The molecule has 1 N–H and O–H groups in total. The largest absolute Gasteiger partial charge is 0.577 e. The topological polar surface area (TPSA) is 33.7 Å². The summed E-state index contributed by atoms with van der Waals surface area (Å²) in [5, 5.41) is 3.67. The number of benzene rings is 1. The van der Waals surface area contributed by atoms with Crippen LogP contribution < -0.4 is 5.09 Å². The molecule has 2 aliphatic rings. The number of rotatable bonds is 2. The van der Waals surface area contributed by atoms with E-state index in [9.17, 15) is 0 Å². The lowest BCUT2D eigenvalue weighted by atomic mass is 9.94. The Bertz CT molecular complexity index is 740. The molecule has 2 aliphatic heterocycles. The van der Waals surface area contributed by atoms with E-state index in [1.165, 1.54) is 16.7 Å². The van der Waals surface area contributed by atoms with Crippen molar-refractivity contribution in [1.82, 2.24) is 4.67 Å². The average molecular weight is 375 g/mol. The first kappa shape index (κ1) is 19.1. The van der Waals surface area contributed by atoms with Crippen molar-refractivity contribution in [2.24, 2.45) is 10.8 Å². The molecule has 0 aromatic heterocycles. The van der Waals surface area contributed by atoms with Crippen LogP contribution in [0.3, 0.4) is 0 Å². The van der Waals surface area contributed by atoms with E-state index in [2.05, 4.69) is 96.6 Å². The van der Waals surface area contributed by atoms with Crippen molar-refractivity contribution in [1.29, 1.82) is 0 Å². The van der Waals surface area contributed by atoms with Crippen LogP contribution in [-0.2, 0) is 9.05 Å². The lowest BCUT2D eigenvalue weighted by molar-refractivity contribution is 0.247. The predicted molar refractivity (Wildman–Crippen MR) is 110 cm³/mol.